The fraction of sp³-hybridized carbons (Fsp3) is 0.882. The SMILES string of the molecule is CCN(CC(=O)O)C1CCN(C(C)C(=O)NC(C)(C)CC)CC1. The molecule has 1 atom stereocenters. The van der Waals surface area contributed by atoms with E-state index in [-0.39, 0.29) is 24.0 Å². The molecule has 6 heteroatoms. The molecule has 0 aromatic carbocycles. The van der Waals surface area contributed by atoms with Gasteiger partial charge in [0.2, 0.25) is 5.91 Å². The van der Waals surface area contributed by atoms with Crippen molar-refractivity contribution in [3.05, 3.63) is 0 Å². The van der Waals surface area contributed by atoms with Crippen molar-refractivity contribution >= 4 is 11.9 Å². The molecule has 0 radical (unpaired) electrons. The van der Waals surface area contributed by atoms with Crippen molar-refractivity contribution in [1.29, 1.82) is 0 Å². The summed E-state index contributed by atoms with van der Waals surface area (Å²) in [5, 5.41) is 12.1. The van der Waals surface area contributed by atoms with E-state index >= 15 is 0 Å². The maximum Gasteiger partial charge on any atom is 0.317 e. The van der Waals surface area contributed by atoms with E-state index in [4.69, 9.17) is 5.11 Å². The van der Waals surface area contributed by atoms with Gasteiger partial charge in [-0.2, -0.15) is 0 Å². The molecule has 0 aromatic rings. The molecule has 6 nitrogen and oxygen atoms in total. The van der Waals surface area contributed by atoms with Crippen LogP contribution in [0.1, 0.15) is 53.9 Å². The number of carboxylic acids is 1. The zero-order valence-corrected chi connectivity index (χ0v) is 15.3. The van der Waals surface area contributed by atoms with Crippen LogP contribution in [0.5, 0.6) is 0 Å². The van der Waals surface area contributed by atoms with E-state index in [1.807, 2.05) is 32.6 Å². The average molecular weight is 327 g/mol. The summed E-state index contributed by atoms with van der Waals surface area (Å²) in [5.74, 6) is -0.697. The van der Waals surface area contributed by atoms with Gasteiger partial charge in [-0.15, -0.1) is 0 Å². The smallest absolute Gasteiger partial charge is 0.317 e. The highest BCUT2D eigenvalue weighted by Crippen LogP contribution is 2.19. The molecule has 0 saturated carbocycles. The molecule has 2 N–H and O–H groups in total. The van der Waals surface area contributed by atoms with Gasteiger partial charge >= 0.3 is 5.97 Å². The third kappa shape index (κ3) is 6.11. The minimum absolute atomic E-state index is 0.0770. The fourth-order valence-electron chi connectivity index (χ4n) is 3.00. The van der Waals surface area contributed by atoms with Crippen LogP contribution in [-0.4, -0.2) is 70.6 Å². The number of hydrogen-bond donors (Lipinski definition) is 2. The number of carbonyl (C=O) groups excluding carboxylic acids is 1. The minimum Gasteiger partial charge on any atom is -0.480 e. The fourth-order valence-corrected chi connectivity index (χ4v) is 3.00. The number of piperidine rings is 1. The lowest BCUT2D eigenvalue weighted by atomic mass is 9.99. The number of carboxylic acid groups (broad SMARTS) is 1. The lowest BCUT2D eigenvalue weighted by molar-refractivity contribution is -0.139. The largest absolute Gasteiger partial charge is 0.480 e. The van der Waals surface area contributed by atoms with Crippen LogP contribution in [0.2, 0.25) is 0 Å². The molecular formula is C17H33N3O3. The van der Waals surface area contributed by atoms with Gasteiger partial charge in [-0.05, 0) is 46.6 Å². The van der Waals surface area contributed by atoms with Crippen LogP contribution in [0.25, 0.3) is 0 Å². The standard InChI is InChI=1S/C17H33N3O3/c1-6-17(4,5)18-16(23)13(3)20-10-8-14(9-11-20)19(7-2)12-15(21)22/h13-14H,6-12H2,1-5H3,(H,18,23)(H,21,22). The van der Waals surface area contributed by atoms with Crippen LogP contribution in [-0.2, 0) is 9.59 Å². The molecule has 0 aliphatic carbocycles. The highest BCUT2D eigenvalue weighted by molar-refractivity contribution is 5.82. The molecule has 1 heterocycles. The Bertz CT molecular complexity index is 404. The van der Waals surface area contributed by atoms with Crippen LogP contribution < -0.4 is 5.32 Å². The molecule has 1 fully saturated rings. The molecular weight excluding hydrogens is 294 g/mol. The summed E-state index contributed by atoms with van der Waals surface area (Å²) in [7, 11) is 0. The molecule has 0 spiro atoms. The second-order valence-corrected chi connectivity index (χ2v) is 7.13. The van der Waals surface area contributed by atoms with Gasteiger partial charge in [0.05, 0.1) is 12.6 Å². The van der Waals surface area contributed by atoms with Gasteiger partial charge in [0.15, 0.2) is 0 Å². The summed E-state index contributed by atoms with van der Waals surface area (Å²) >= 11 is 0. The first kappa shape index (κ1) is 19.9. The van der Waals surface area contributed by atoms with Crippen molar-refractivity contribution in [3.8, 4) is 0 Å². The number of likely N-dealkylation sites (tertiary alicyclic amines) is 1. The number of aliphatic carboxylic acids is 1. The second-order valence-electron chi connectivity index (χ2n) is 7.13. The number of likely N-dealkylation sites (N-methyl/N-ethyl adjacent to an activating group) is 1. The predicted molar refractivity (Wildman–Crippen MR) is 91.5 cm³/mol. The first-order chi connectivity index (χ1) is 10.7. The Morgan fingerprint density at radius 3 is 2.30 bits per heavy atom. The number of amides is 1. The summed E-state index contributed by atoms with van der Waals surface area (Å²) in [6.07, 6.45) is 2.72. The number of nitrogens with one attached hydrogen (secondary N) is 1. The molecule has 1 rings (SSSR count). The topological polar surface area (TPSA) is 72.9 Å². The summed E-state index contributed by atoms with van der Waals surface area (Å²) in [5.41, 5.74) is -0.176. The third-order valence-electron chi connectivity index (χ3n) is 5.03. The molecule has 0 aromatic heterocycles. The number of carbonyl (C=O) groups is 2. The van der Waals surface area contributed by atoms with Crippen molar-refractivity contribution in [3.63, 3.8) is 0 Å². The maximum absolute atomic E-state index is 12.4. The van der Waals surface area contributed by atoms with E-state index in [0.29, 0.717) is 6.04 Å². The first-order valence-electron chi connectivity index (χ1n) is 8.72. The summed E-state index contributed by atoms with van der Waals surface area (Å²) in [6.45, 7) is 12.6. The predicted octanol–water partition coefficient (Wildman–Crippen LogP) is 1.55. The summed E-state index contributed by atoms with van der Waals surface area (Å²) in [4.78, 5) is 27.5. The molecule has 134 valence electrons. The Morgan fingerprint density at radius 1 is 1.30 bits per heavy atom. The average Bonchev–Trinajstić information content (AvgIpc) is 2.51. The Morgan fingerprint density at radius 2 is 1.87 bits per heavy atom. The molecule has 1 aliphatic heterocycles. The Kier molecular flexibility index (Phi) is 7.48. The van der Waals surface area contributed by atoms with Crippen LogP contribution >= 0.6 is 0 Å². The molecule has 23 heavy (non-hydrogen) atoms. The second kappa shape index (κ2) is 8.64. The van der Waals surface area contributed by atoms with E-state index < -0.39 is 5.97 Å². The Labute approximate surface area is 140 Å². The lowest BCUT2D eigenvalue weighted by Gasteiger charge is -2.40. The Hall–Kier alpha value is -1.14. The van der Waals surface area contributed by atoms with E-state index in [0.717, 1.165) is 38.9 Å². The van der Waals surface area contributed by atoms with Gasteiger partial charge in [-0.25, -0.2) is 0 Å². The molecule has 1 unspecified atom stereocenters. The molecule has 1 amide bonds. The van der Waals surface area contributed by atoms with Crippen LogP contribution in [0.4, 0.5) is 0 Å². The van der Waals surface area contributed by atoms with E-state index in [1.54, 1.807) is 0 Å². The van der Waals surface area contributed by atoms with Crippen LogP contribution in [0, 0.1) is 0 Å². The van der Waals surface area contributed by atoms with Crippen molar-refractivity contribution in [1.82, 2.24) is 15.1 Å². The zero-order chi connectivity index (χ0) is 17.6. The molecule has 0 bridgehead atoms. The van der Waals surface area contributed by atoms with Gasteiger partial charge in [0.25, 0.3) is 0 Å². The first-order valence-corrected chi connectivity index (χ1v) is 8.72. The van der Waals surface area contributed by atoms with Gasteiger partial charge in [-0.1, -0.05) is 13.8 Å². The maximum atomic E-state index is 12.4. The quantitative estimate of drug-likeness (QED) is 0.708. The number of nitrogens with zero attached hydrogens (tertiary/aromatic N) is 2. The lowest BCUT2D eigenvalue weighted by Crippen LogP contribution is -2.55. The normalized spacial score (nSPS) is 18.9. The number of hydrogen-bond acceptors (Lipinski definition) is 4. The molecule has 1 saturated heterocycles. The highest BCUT2D eigenvalue weighted by Gasteiger charge is 2.31. The van der Waals surface area contributed by atoms with E-state index in [1.165, 1.54) is 0 Å². The van der Waals surface area contributed by atoms with Crippen LogP contribution in [0.3, 0.4) is 0 Å². The highest BCUT2D eigenvalue weighted by atomic mass is 16.4. The van der Waals surface area contributed by atoms with Gasteiger partial charge in [0.1, 0.15) is 0 Å². The summed E-state index contributed by atoms with van der Waals surface area (Å²) in [6, 6.07) is 0.158. The van der Waals surface area contributed by atoms with Crippen molar-refractivity contribution in [2.75, 3.05) is 26.2 Å². The van der Waals surface area contributed by atoms with Gasteiger partial charge in [-0.3, -0.25) is 19.4 Å². The molecule has 1 aliphatic rings. The van der Waals surface area contributed by atoms with Crippen molar-refractivity contribution in [2.24, 2.45) is 0 Å². The van der Waals surface area contributed by atoms with Crippen molar-refractivity contribution in [2.45, 2.75) is 71.5 Å². The van der Waals surface area contributed by atoms with E-state index in [9.17, 15) is 9.59 Å². The number of rotatable bonds is 8. The van der Waals surface area contributed by atoms with E-state index in [2.05, 4.69) is 17.1 Å². The van der Waals surface area contributed by atoms with Crippen molar-refractivity contribution < 1.29 is 14.7 Å². The van der Waals surface area contributed by atoms with Crippen LogP contribution in [0.15, 0.2) is 0 Å². The van der Waals surface area contributed by atoms with Gasteiger partial charge < -0.3 is 10.4 Å². The zero-order valence-electron chi connectivity index (χ0n) is 15.3. The summed E-state index contributed by atoms with van der Waals surface area (Å²) < 4.78 is 0. The van der Waals surface area contributed by atoms with Gasteiger partial charge in [0, 0.05) is 24.7 Å². The minimum atomic E-state index is -0.774. The third-order valence-corrected chi connectivity index (χ3v) is 5.03. The monoisotopic (exact) mass is 327 g/mol. The Balaban J connectivity index is 2.51.